The highest BCUT2D eigenvalue weighted by Crippen LogP contribution is 2.47. The van der Waals surface area contributed by atoms with Crippen LogP contribution in [0.4, 0.5) is 0 Å². The van der Waals surface area contributed by atoms with Crippen LogP contribution in [0.1, 0.15) is 47.2 Å². The Morgan fingerprint density at radius 2 is 0.933 bits per heavy atom. The van der Waals surface area contributed by atoms with E-state index in [1.54, 1.807) is 0 Å². The van der Waals surface area contributed by atoms with E-state index < -0.39 is 0 Å². The van der Waals surface area contributed by atoms with E-state index in [-0.39, 0.29) is 0 Å². The van der Waals surface area contributed by atoms with Gasteiger partial charge in [0.25, 0.3) is 0 Å². The minimum absolute atomic E-state index is 1.16. The summed E-state index contributed by atoms with van der Waals surface area (Å²) in [6.45, 7) is 12.6. The van der Waals surface area contributed by atoms with Crippen LogP contribution in [0.25, 0.3) is 40.3 Å². The zero-order valence-corrected chi connectivity index (χ0v) is 19.8. The molecule has 3 aromatic carbocycles. The summed E-state index contributed by atoms with van der Waals surface area (Å²) in [6, 6.07) is 9.31. The van der Waals surface area contributed by atoms with Crippen LogP contribution in [-0.4, -0.2) is 0 Å². The van der Waals surface area contributed by atoms with Crippen molar-refractivity contribution in [2.24, 2.45) is 0 Å². The molecule has 0 spiro atoms. The molecule has 0 amide bonds. The monoisotopic (exact) mass is 422 g/mol. The number of aryl methyl sites for hydroxylation is 4. The number of hydrogen-bond acceptors (Lipinski definition) is 2. The van der Waals surface area contributed by atoms with Gasteiger partial charge in [-0.2, -0.15) is 0 Å². The molecule has 5 rings (SSSR count). The molecule has 0 fully saturated rings. The van der Waals surface area contributed by atoms with Crippen molar-refractivity contribution in [3.05, 3.63) is 57.6 Å². The smallest absolute Gasteiger partial charge is 0.0531 e. The molecule has 0 atom stereocenters. The molecule has 2 heteroatoms. The molecule has 0 radical (unpaired) electrons. The van der Waals surface area contributed by atoms with Crippen LogP contribution < -0.4 is 0 Å². The SMILES string of the molecule is CC#Cc1c2sc3cc(C)c(C)cc3c2c(C#CC)c2sc3cc(C)c(C)cc3c12. The normalized spacial score (nSPS) is 11.1. The second-order valence-electron chi connectivity index (χ2n) is 7.98. The number of fused-ring (bicyclic) bond motifs is 6. The van der Waals surface area contributed by atoms with E-state index in [1.165, 1.54) is 62.6 Å². The number of benzene rings is 3. The first-order valence-electron chi connectivity index (χ1n) is 10.1. The van der Waals surface area contributed by atoms with Gasteiger partial charge in [0.2, 0.25) is 0 Å². The third kappa shape index (κ3) is 2.61. The van der Waals surface area contributed by atoms with Crippen molar-refractivity contribution in [3.8, 4) is 23.7 Å². The van der Waals surface area contributed by atoms with E-state index in [0.29, 0.717) is 0 Å². The topological polar surface area (TPSA) is 0 Å². The summed E-state index contributed by atoms with van der Waals surface area (Å²) >= 11 is 3.72. The minimum Gasteiger partial charge on any atom is -0.134 e. The van der Waals surface area contributed by atoms with Gasteiger partial charge in [-0.25, -0.2) is 0 Å². The van der Waals surface area contributed by atoms with Crippen molar-refractivity contribution in [2.75, 3.05) is 0 Å². The largest absolute Gasteiger partial charge is 0.134 e. The predicted octanol–water partition coefficient (Wildman–Crippen LogP) is 8.40. The average molecular weight is 423 g/mol. The second kappa shape index (κ2) is 6.88. The van der Waals surface area contributed by atoms with Crippen LogP contribution in [-0.2, 0) is 0 Å². The number of hydrogen-bond donors (Lipinski definition) is 0. The first-order chi connectivity index (χ1) is 14.4. The molecule has 30 heavy (non-hydrogen) atoms. The first kappa shape index (κ1) is 19.2. The molecule has 0 nitrogen and oxygen atoms in total. The Labute approximate surface area is 185 Å². The Bertz CT molecular complexity index is 1520. The molecule has 5 aromatic rings. The van der Waals surface area contributed by atoms with E-state index in [9.17, 15) is 0 Å². The Morgan fingerprint density at radius 3 is 1.30 bits per heavy atom. The van der Waals surface area contributed by atoms with Gasteiger partial charge in [-0.15, -0.1) is 34.5 Å². The van der Waals surface area contributed by atoms with Crippen molar-refractivity contribution in [1.82, 2.24) is 0 Å². The summed E-state index contributed by atoms with van der Waals surface area (Å²) in [7, 11) is 0. The lowest BCUT2D eigenvalue weighted by molar-refractivity contribution is 1.37. The summed E-state index contributed by atoms with van der Waals surface area (Å²) in [5, 5.41) is 5.17. The summed E-state index contributed by atoms with van der Waals surface area (Å²) in [5.41, 5.74) is 7.63. The van der Waals surface area contributed by atoms with Gasteiger partial charge < -0.3 is 0 Å². The standard InChI is InChI=1S/C28H22S2/c1-7-9-19-25-21-11-15(3)17(5)13-23(21)30-28(25)20(10-8-2)26-22-12-16(4)18(6)14-24(22)29-27(19)26/h11-14H,1-6H3. The second-order valence-corrected chi connectivity index (χ2v) is 10.1. The van der Waals surface area contributed by atoms with Crippen molar-refractivity contribution in [2.45, 2.75) is 41.5 Å². The molecule has 0 aliphatic rings. The van der Waals surface area contributed by atoms with Gasteiger partial charge in [0.05, 0.1) is 20.5 Å². The lowest BCUT2D eigenvalue weighted by atomic mass is 9.96. The lowest BCUT2D eigenvalue weighted by Crippen LogP contribution is -1.86. The van der Waals surface area contributed by atoms with Crippen molar-refractivity contribution in [3.63, 3.8) is 0 Å². The van der Waals surface area contributed by atoms with Crippen LogP contribution in [0.5, 0.6) is 0 Å². The van der Waals surface area contributed by atoms with E-state index in [4.69, 9.17) is 0 Å². The van der Waals surface area contributed by atoms with Crippen LogP contribution in [0.15, 0.2) is 24.3 Å². The Kier molecular flexibility index (Phi) is 4.41. The maximum absolute atomic E-state index is 3.48. The number of rotatable bonds is 0. The fourth-order valence-corrected chi connectivity index (χ4v) is 6.86. The van der Waals surface area contributed by atoms with Gasteiger partial charge in [-0.05, 0) is 88.1 Å². The zero-order chi connectivity index (χ0) is 21.2. The quantitative estimate of drug-likeness (QED) is 0.220. The third-order valence-corrected chi connectivity index (χ3v) is 8.40. The predicted molar refractivity (Wildman–Crippen MR) is 136 cm³/mol. The summed E-state index contributed by atoms with van der Waals surface area (Å²) < 4.78 is 5.18. The first-order valence-corrected chi connectivity index (χ1v) is 11.8. The molecular formula is C28H22S2. The molecule has 0 saturated heterocycles. The molecule has 0 bridgehead atoms. The molecular weight excluding hydrogens is 400 g/mol. The Morgan fingerprint density at radius 1 is 0.567 bits per heavy atom. The molecule has 146 valence electrons. The molecule has 2 aromatic heterocycles. The number of thiophene rings is 2. The van der Waals surface area contributed by atoms with Crippen molar-refractivity contribution in [1.29, 1.82) is 0 Å². The van der Waals surface area contributed by atoms with E-state index in [0.717, 1.165) is 11.1 Å². The molecule has 0 N–H and O–H groups in total. The van der Waals surface area contributed by atoms with Gasteiger partial charge in [0.1, 0.15) is 0 Å². The van der Waals surface area contributed by atoms with Crippen LogP contribution in [0.2, 0.25) is 0 Å². The maximum atomic E-state index is 3.48. The molecule has 0 saturated carbocycles. The van der Waals surface area contributed by atoms with Crippen molar-refractivity contribution < 1.29 is 0 Å². The van der Waals surface area contributed by atoms with Crippen molar-refractivity contribution >= 4 is 63.0 Å². The van der Waals surface area contributed by atoms with E-state index >= 15 is 0 Å². The molecule has 2 heterocycles. The fraction of sp³-hybridized carbons (Fsp3) is 0.214. The molecule has 0 aliphatic heterocycles. The van der Waals surface area contributed by atoms with Gasteiger partial charge in [-0.3, -0.25) is 0 Å². The van der Waals surface area contributed by atoms with Gasteiger partial charge >= 0.3 is 0 Å². The minimum atomic E-state index is 1.16. The summed E-state index contributed by atoms with van der Waals surface area (Å²) in [6.07, 6.45) is 0. The van der Waals surface area contributed by atoms with Crippen LogP contribution in [0, 0.1) is 51.4 Å². The van der Waals surface area contributed by atoms with E-state index in [1.807, 2.05) is 36.5 Å². The molecule has 0 unspecified atom stereocenters. The highest BCUT2D eigenvalue weighted by Gasteiger charge is 2.21. The van der Waals surface area contributed by atoms with E-state index in [2.05, 4.69) is 75.6 Å². The highest BCUT2D eigenvalue weighted by molar-refractivity contribution is 7.28. The Balaban J connectivity index is 2.15. The van der Waals surface area contributed by atoms with Crippen LogP contribution in [0.3, 0.4) is 0 Å². The van der Waals surface area contributed by atoms with Gasteiger partial charge in [-0.1, -0.05) is 11.8 Å². The molecule has 0 aliphatic carbocycles. The lowest BCUT2D eigenvalue weighted by Gasteiger charge is -2.06. The maximum Gasteiger partial charge on any atom is 0.0531 e. The summed E-state index contributed by atoms with van der Waals surface area (Å²) in [4.78, 5) is 0. The Hall–Kier alpha value is -2.78. The average Bonchev–Trinajstić information content (AvgIpc) is 3.24. The highest BCUT2D eigenvalue weighted by atomic mass is 32.1. The van der Waals surface area contributed by atoms with Gasteiger partial charge in [0.15, 0.2) is 0 Å². The summed E-state index contributed by atoms with van der Waals surface area (Å²) in [5.74, 6) is 13.4. The van der Waals surface area contributed by atoms with Crippen LogP contribution >= 0.6 is 22.7 Å². The zero-order valence-electron chi connectivity index (χ0n) is 18.1. The fourth-order valence-electron chi connectivity index (χ4n) is 4.27. The third-order valence-electron chi connectivity index (χ3n) is 6.06. The van der Waals surface area contributed by atoms with Gasteiger partial charge in [0, 0.05) is 30.9 Å².